The normalized spacial score (nSPS) is 28.6. The van der Waals surface area contributed by atoms with Crippen LogP contribution in [0.15, 0.2) is 18.6 Å². The van der Waals surface area contributed by atoms with Crippen molar-refractivity contribution in [1.29, 1.82) is 0 Å². The summed E-state index contributed by atoms with van der Waals surface area (Å²) in [5, 5.41) is 10.4. The first-order valence-electron chi connectivity index (χ1n) is 6.37. The predicted octanol–water partition coefficient (Wildman–Crippen LogP) is 1.86. The number of aliphatic hydroxyl groups excluding tert-OH is 1. The first-order chi connectivity index (χ1) is 8.29. The van der Waals surface area contributed by atoms with Crippen molar-refractivity contribution in [3.05, 3.63) is 24.3 Å². The fraction of sp³-hybridized carbons (Fsp3) is 0.692. The van der Waals surface area contributed by atoms with E-state index in [-0.39, 0.29) is 11.5 Å². The molecule has 0 bridgehead atoms. The van der Waals surface area contributed by atoms with Crippen LogP contribution in [0.3, 0.4) is 0 Å². The number of nitrogens with zero attached hydrogens (tertiary/aromatic N) is 2. The minimum Gasteiger partial charge on any atom is -0.387 e. The number of ether oxygens (including phenoxy) is 1. The van der Waals surface area contributed by atoms with E-state index in [1.165, 1.54) is 12.7 Å². The maximum Gasteiger partial charge on any atom is 0.115 e. The molecule has 92 valence electrons. The van der Waals surface area contributed by atoms with E-state index < -0.39 is 6.10 Å². The molecule has 2 unspecified atom stereocenters. The summed E-state index contributed by atoms with van der Waals surface area (Å²) in [4.78, 5) is 8.03. The van der Waals surface area contributed by atoms with Crippen LogP contribution in [0.2, 0.25) is 0 Å². The standard InChI is InChI=1S/C13H18N2O2/c16-12(11-2-6-14-9-15-11)10-3-7-17-13(8-10)4-1-5-13/h2,6,9-10,12,16H,1,3-5,7-8H2. The summed E-state index contributed by atoms with van der Waals surface area (Å²) in [7, 11) is 0. The quantitative estimate of drug-likeness (QED) is 0.848. The number of hydrogen-bond donors (Lipinski definition) is 1. The topological polar surface area (TPSA) is 55.2 Å². The molecule has 1 saturated carbocycles. The summed E-state index contributed by atoms with van der Waals surface area (Å²) >= 11 is 0. The van der Waals surface area contributed by atoms with Gasteiger partial charge in [0, 0.05) is 12.8 Å². The SMILES string of the molecule is OC(c1ccncn1)C1CCOC2(CCC2)C1. The second kappa shape index (κ2) is 4.35. The van der Waals surface area contributed by atoms with E-state index in [0.29, 0.717) is 0 Å². The lowest BCUT2D eigenvalue weighted by molar-refractivity contribution is -0.157. The van der Waals surface area contributed by atoms with Crippen molar-refractivity contribution >= 4 is 0 Å². The molecule has 1 aromatic rings. The van der Waals surface area contributed by atoms with E-state index in [9.17, 15) is 5.11 Å². The fourth-order valence-electron chi connectivity index (χ4n) is 2.97. The van der Waals surface area contributed by atoms with Crippen molar-refractivity contribution in [2.75, 3.05) is 6.61 Å². The molecule has 4 heteroatoms. The van der Waals surface area contributed by atoms with Gasteiger partial charge in [-0.1, -0.05) is 0 Å². The molecule has 1 N–H and O–H groups in total. The van der Waals surface area contributed by atoms with Crippen molar-refractivity contribution in [3.8, 4) is 0 Å². The van der Waals surface area contributed by atoms with Crippen LogP contribution >= 0.6 is 0 Å². The molecule has 2 aliphatic rings. The Morgan fingerprint density at radius 1 is 1.47 bits per heavy atom. The average Bonchev–Trinajstić information content (AvgIpc) is 2.37. The van der Waals surface area contributed by atoms with E-state index in [4.69, 9.17) is 4.74 Å². The molecule has 1 spiro atoms. The van der Waals surface area contributed by atoms with E-state index in [1.54, 1.807) is 12.3 Å². The number of hydrogen-bond acceptors (Lipinski definition) is 4. The second-order valence-electron chi connectivity index (χ2n) is 5.22. The summed E-state index contributed by atoms with van der Waals surface area (Å²) in [6.45, 7) is 0.771. The summed E-state index contributed by atoms with van der Waals surface area (Å²) in [6, 6.07) is 1.80. The first-order valence-corrected chi connectivity index (χ1v) is 6.37. The highest BCUT2D eigenvalue weighted by Crippen LogP contribution is 2.46. The van der Waals surface area contributed by atoms with Crippen molar-refractivity contribution in [2.24, 2.45) is 5.92 Å². The van der Waals surface area contributed by atoms with Crippen LogP contribution in [0.5, 0.6) is 0 Å². The third kappa shape index (κ3) is 2.07. The Hall–Kier alpha value is -1.00. The van der Waals surface area contributed by atoms with E-state index in [2.05, 4.69) is 9.97 Å². The molecular weight excluding hydrogens is 216 g/mol. The maximum atomic E-state index is 10.4. The molecule has 1 aromatic heterocycles. The zero-order chi connectivity index (χ0) is 11.7. The third-order valence-corrected chi connectivity index (χ3v) is 4.15. The highest BCUT2D eigenvalue weighted by Gasteiger charge is 2.44. The summed E-state index contributed by atoms with van der Waals surface area (Å²) in [5.74, 6) is 0.277. The van der Waals surface area contributed by atoms with Gasteiger partial charge in [0.25, 0.3) is 0 Å². The van der Waals surface area contributed by atoms with Crippen molar-refractivity contribution in [3.63, 3.8) is 0 Å². The molecule has 2 atom stereocenters. The van der Waals surface area contributed by atoms with Crippen LogP contribution in [-0.4, -0.2) is 27.3 Å². The molecule has 1 saturated heterocycles. The Labute approximate surface area is 101 Å². The lowest BCUT2D eigenvalue weighted by Gasteiger charge is -2.48. The van der Waals surface area contributed by atoms with Crippen LogP contribution in [-0.2, 0) is 4.74 Å². The van der Waals surface area contributed by atoms with Gasteiger partial charge in [0.2, 0.25) is 0 Å². The third-order valence-electron chi connectivity index (χ3n) is 4.15. The van der Waals surface area contributed by atoms with Crippen LogP contribution in [0, 0.1) is 5.92 Å². The Bertz CT molecular complexity index is 378. The minimum atomic E-state index is -0.473. The summed E-state index contributed by atoms with van der Waals surface area (Å²) in [5.41, 5.74) is 0.818. The van der Waals surface area contributed by atoms with Gasteiger partial charge in [-0.2, -0.15) is 0 Å². The van der Waals surface area contributed by atoms with E-state index in [1.807, 2.05) is 0 Å². The molecule has 17 heavy (non-hydrogen) atoms. The van der Waals surface area contributed by atoms with Gasteiger partial charge in [0.15, 0.2) is 0 Å². The lowest BCUT2D eigenvalue weighted by Crippen LogP contribution is -2.46. The van der Waals surface area contributed by atoms with Gasteiger partial charge in [-0.25, -0.2) is 9.97 Å². The van der Waals surface area contributed by atoms with Crippen molar-refractivity contribution in [1.82, 2.24) is 9.97 Å². The van der Waals surface area contributed by atoms with Gasteiger partial charge in [-0.05, 0) is 44.1 Å². The van der Waals surface area contributed by atoms with E-state index in [0.717, 1.165) is 38.0 Å². The zero-order valence-electron chi connectivity index (χ0n) is 9.88. The molecule has 0 aromatic carbocycles. The maximum absolute atomic E-state index is 10.4. The highest BCUT2D eigenvalue weighted by molar-refractivity contribution is 5.06. The molecule has 2 fully saturated rings. The van der Waals surface area contributed by atoms with E-state index >= 15 is 0 Å². The smallest absolute Gasteiger partial charge is 0.115 e. The molecule has 4 nitrogen and oxygen atoms in total. The van der Waals surface area contributed by atoms with Crippen LogP contribution in [0.4, 0.5) is 0 Å². The van der Waals surface area contributed by atoms with Gasteiger partial charge in [0.1, 0.15) is 6.33 Å². The molecule has 3 rings (SSSR count). The Morgan fingerprint density at radius 2 is 2.35 bits per heavy atom. The molecular formula is C13H18N2O2. The summed E-state index contributed by atoms with van der Waals surface area (Å²) in [6.07, 6.45) is 8.17. The molecule has 1 aliphatic heterocycles. The Balaban J connectivity index is 1.71. The lowest BCUT2D eigenvalue weighted by atomic mass is 9.70. The largest absolute Gasteiger partial charge is 0.387 e. The van der Waals surface area contributed by atoms with Crippen LogP contribution < -0.4 is 0 Å². The Morgan fingerprint density at radius 3 is 3.00 bits per heavy atom. The molecule has 2 heterocycles. The van der Waals surface area contributed by atoms with Gasteiger partial charge in [-0.3, -0.25) is 0 Å². The average molecular weight is 234 g/mol. The van der Waals surface area contributed by atoms with Gasteiger partial charge in [-0.15, -0.1) is 0 Å². The molecule has 1 aliphatic carbocycles. The highest BCUT2D eigenvalue weighted by atomic mass is 16.5. The van der Waals surface area contributed by atoms with Gasteiger partial charge >= 0.3 is 0 Å². The van der Waals surface area contributed by atoms with Crippen molar-refractivity contribution in [2.45, 2.75) is 43.8 Å². The molecule has 0 amide bonds. The van der Waals surface area contributed by atoms with Crippen LogP contribution in [0.1, 0.15) is 43.9 Å². The first kappa shape index (κ1) is 11.1. The zero-order valence-corrected chi connectivity index (χ0v) is 9.88. The Kier molecular flexibility index (Phi) is 2.84. The predicted molar refractivity (Wildman–Crippen MR) is 62.2 cm³/mol. The number of aromatic nitrogens is 2. The number of aliphatic hydroxyl groups is 1. The molecule has 0 radical (unpaired) electrons. The second-order valence-corrected chi connectivity index (χ2v) is 5.22. The summed E-state index contributed by atoms with van der Waals surface area (Å²) < 4.78 is 5.87. The van der Waals surface area contributed by atoms with Crippen LogP contribution in [0.25, 0.3) is 0 Å². The minimum absolute atomic E-state index is 0.0803. The monoisotopic (exact) mass is 234 g/mol. The van der Waals surface area contributed by atoms with Gasteiger partial charge in [0.05, 0.1) is 17.4 Å². The van der Waals surface area contributed by atoms with Gasteiger partial charge < -0.3 is 9.84 Å². The fourth-order valence-corrected chi connectivity index (χ4v) is 2.97. The van der Waals surface area contributed by atoms with Crippen molar-refractivity contribution < 1.29 is 9.84 Å². The number of rotatable bonds is 2.